The van der Waals surface area contributed by atoms with Crippen LogP contribution in [0.15, 0.2) is 48.5 Å². The molecule has 0 atom stereocenters. The molecule has 0 aliphatic rings. The van der Waals surface area contributed by atoms with Gasteiger partial charge in [-0.05, 0) is 37.1 Å². The van der Waals surface area contributed by atoms with E-state index in [1.54, 1.807) is 16.8 Å². The second kappa shape index (κ2) is 7.77. The number of rotatable bonds is 5. The number of amides is 2. The Morgan fingerprint density at radius 3 is 2.04 bits per heavy atom. The molecule has 24 heavy (non-hydrogen) atoms. The fourth-order valence-corrected chi connectivity index (χ4v) is 2.83. The van der Waals surface area contributed by atoms with Gasteiger partial charge in [0.05, 0.1) is 0 Å². The topological polar surface area (TPSA) is 40.6 Å². The first-order valence-corrected chi connectivity index (χ1v) is 8.07. The molecule has 2 aromatic carbocycles. The van der Waals surface area contributed by atoms with Crippen LogP contribution in [-0.2, 0) is 9.59 Å². The van der Waals surface area contributed by atoms with Gasteiger partial charge in [0.15, 0.2) is 0 Å². The van der Waals surface area contributed by atoms with Gasteiger partial charge in [-0.2, -0.15) is 0 Å². The highest BCUT2D eigenvalue weighted by molar-refractivity contribution is 5.96. The molecule has 2 aromatic rings. The van der Waals surface area contributed by atoms with Crippen molar-refractivity contribution in [3.05, 3.63) is 59.7 Å². The number of carbonyl (C=O) groups excluding carboxylic acids is 2. The van der Waals surface area contributed by atoms with Gasteiger partial charge < -0.3 is 9.80 Å². The molecule has 0 aliphatic carbocycles. The van der Waals surface area contributed by atoms with Gasteiger partial charge in [-0.25, -0.2) is 0 Å². The Hall–Kier alpha value is -2.62. The lowest BCUT2D eigenvalue weighted by atomic mass is 10.1. The van der Waals surface area contributed by atoms with Crippen molar-refractivity contribution in [1.29, 1.82) is 0 Å². The second-order valence-electron chi connectivity index (χ2n) is 5.95. The highest BCUT2D eigenvalue weighted by Crippen LogP contribution is 2.25. The van der Waals surface area contributed by atoms with Crippen molar-refractivity contribution in [1.82, 2.24) is 0 Å². The van der Waals surface area contributed by atoms with E-state index in [-0.39, 0.29) is 18.2 Å². The van der Waals surface area contributed by atoms with E-state index in [1.165, 1.54) is 6.92 Å². The highest BCUT2D eigenvalue weighted by Gasteiger charge is 2.19. The number of nitrogens with zero attached hydrogens (tertiary/aromatic N) is 2. The minimum Gasteiger partial charge on any atom is -0.315 e. The summed E-state index contributed by atoms with van der Waals surface area (Å²) in [6.45, 7) is 5.88. The van der Waals surface area contributed by atoms with Crippen LogP contribution >= 0.6 is 0 Å². The molecule has 0 bridgehead atoms. The molecule has 0 saturated carbocycles. The molecule has 0 saturated heterocycles. The molecule has 0 fully saturated rings. The number of benzene rings is 2. The summed E-state index contributed by atoms with van der Waals surface area (Å²) in [6, 6.07) is 15.4. The van der Waals surface area contributed by atoms with Gasteiger partial charge in [0.1, 0.15) is 0 Å². The number of hydrogen-bond donors (Lipinski definition) is 0. The van der Waals surface area contributed by atoms with Crippen LogP contribution in [0.5, 0.6) is 0 Å². The lowest BCUT2D eigenvalue weighted by molar-refractivity contribution is -0.118. The van der Waals surface area contributed by atoms with Gasteiger partial charge >= 0.3 is 0 Å². The van der Waals surface area contributed by atoms with Crippen molar-refractivity contribution < 1.29 is 9.59 Å². The second-order valence-corrected chi connectivity index (χ2v) is 5.95. The Kier molecular flexibility index (Phi) is 5.74. The predicted octanol–water partition coefficient (Wildman–Crippen LogP) is 3.71. The fraction of sp³-hybridized carbons (Fsp3) is 0.300. The average Bonchev–Trinajstić information content (AvgIpc) is 2.57. The molecular weight excluding hydrogens is 300 g/mol. The number of aryl methyl sites for hydroxylation is 2. The zero-order chi connectivity index (χ0) is 17.7. The van der Waals surface area contributed by atoms with Crippen LogP contribution in [0, 0.1) is 13.8 Å². The Labute approximate surface area is 143 Å². The third-order valence-electron chi connectivity index (χ3n) is 4.16. The molecular formula is C20H24N2O2. The summed E-state index contributed by atoms with van der Waals surface area (Å²) in [7, 11) is 1.76. The molecule has 0 spiro atoms. The monoisotopic (exact) mass is 324 g/mol. The summed E-state index contributed by atoms with van der Waals surface area (Å²) in [4.78, 5) is 27.9. The number of para-hydroxylation sites is 2. The average molecular weight is 324 g/mol. The van der Waals surface area contributed by atoms with Crippen molar-refractivity contribution in [2.75, 3.05) is 23.4 Å². The molecule has 0 N–H and O–H groups in total. The zero-order valence-electron chi connectivity index (χ0n) is 14.7. The smallest absolute Gasteiger partial charge is 0.228 e. The first-order chi connectivity index (χ1) is 11.4. The molecule has 2 amide bonds. The number of hydrogen-bond acceptors (Lipinski definition) is 2. The Morgan fingerprint density at radius 1 is 0.917 bits per heavy atom. The maximum Gasteiger partial charge on any atom is 0.228 e. The Morgan fingerprint density at radius 2 is 1.50 bits per heavy atom. The Bertz CT molecular complexity index is 705. The van der Waals surface area contributed by atoms with Gasteiger partial charge in [0, 0.05) is 38.3 Å². The van der Waals surface area contributed by atoms with Crippen LogP contribution < -0.4 is 9.80 Å². The zero-order valence-corrected chi connectivity index (χ0v) is 14.7. The van der Waals surface area contributed by atoms with Crippen LogP contribution in [0.4, 0.5) is 11.4 Å². The first kappa shape index (κ1) is 17.7. The normalized spacial score (nSPS) is 10.3. The third kappa shape index (κ3) is 4.02. The summed E-state index contributed by atoms with van der Waals surface area (Å²) < 4.78 is 0. The van der Waals surface area contributed by atoms with E-state index in [4.69, 9.17) is 0 Å². The third-order valence-corrected chi connectivity index (χ3v) is 4.16. The highest BCUT2D eigenvalue weighted by atomic mass is 16.2. The van der Waals surface area contributed by atoms with E-state index >= 15 is 0 Å². The lowest BCUT2D eigenvalue weighted by Gasteiger charge is -2.26. The molecule has 0 aromatic heterocycles. The van der Waals surface area contributed by atoms with Crippen molar-refractivity contribution in [2.45, 2.75) is 27.2 Å². The van der Waals surface area contributed by atoms with E-state index in [0.717, 1.165) is 22.5 Å². The number of anilines is 2. The fourth-order valence-electron chi connectivity index (χ4n) is 2.83. The SMILES string of the molecule is CC(=O)N(CCC(=O)N(C)c1ccccc1)c1c(C)cccc1C. The minimum absolute atomic E-state index is 0.0151. The predicted molar refractivity (Wildman–Crippen MR) is 98.4 cm³/mol. The summed E-state index contributed by atoms with van der Waals surface area (Å²) in [5.41, 5.74) is 3.83. The van der Waals surface area contributed by atoms with Crippen LogP contribution in [0.25, 0.3) is 0 Å². The van der Waals surface area contributed by atoms with Crippen LogP contribution in [-0.4, -0.2) is 25.4 Å². The van der Waals surface area contributed by atoms with Crippen LogP contribution in [0.1, 0.15) is 24.5 Å². The molecule has 0 radical (unpaired) electrons. The van der Waals surface area contributed by atoms with Crippen molar-refractivity contribution in [3.8, 4) is 0 Å². The van der Waals surface area contributed by atoms with E-state index < -0.39 is 0 Å². The molecule has 4 nitrogen and oxygen atoms in total. The Balaban J connectivity index is 2.12. The molecule has 0 heterocycles. The summed E-state index contributed by atoms with van der Waals surface area (Å²) in [5.74, 6) is -0.0683. The van der Waals surface area contributed by atoms with Crippen molar-refractivity contribution in [2.24, 2.45) is 0 Å². The first-order valence-electron chi connectivity index (χ1n) is 8.07. The molecule has 0 aliphatic heterocycles. The van der Waals surface area contributed by atoms with Crippen LogP contribution in [0.3, 0.4) is 0 Å². The van der Waals surface area contributed by atoms with E-state index in [2.05, 4.69) is 0 Å². The van der Waals surface area contributed by atoms with Gasteiger partial charge in [0.2, 0.25) is 11.8 Å². The van der Waals surface area contributed by atoms with Gasteiger partial charge in [-0.15, -0.1) is 0 Å². The maximum absolute atomic E-state index is 12.5. The van der Waals surface area contributed by atoms with Gasteiger partial charge in [0.25, 0.3) is 0 Å². The van der Waals surface area contributed by atoms with E-state index in [9.17, 15) is 9.59 Å². The summed E-state index contributed by atoms with van der Waals surface area (Å²) in [5, 5.41) is 0. The summed E-state index contributed by atoms with van der Waals surface area (Å²) >= 11 is 0. The lowest BCUT2D eigenvalue weighted by Crippen LogP contribution is -2.35. The largest absolute Gasteiger partial charge is 0.315 e. The minimum atomic E-state index is -0.0532. The van der Waals surface area contributed by atoms with Crippen molar-refractivity contribution >= 4 is 23.2 Å². The maximum atomic E-state index is 12.5. The summed E-state index contributed by atoms with van der Waals surface area (Å²) in [6.07, 6.45) is 0.277. The molecule has 4 heteroatoms. The number of carbonyl (C=O) groups is 2. The van der Waals surface area contributed by atoms with Gasteiger partial charge in [-0.3, -0.25) is 9.59 Å². The van der Waals surface area contributed by atoms with Gasteiger partial charge in [-0.1, -0.05) is 36.4 Å². The molecule has 2 rings (SSSR count). The molecule has 0 unspecified atom stereocenters. The quantitative estimate of drug-likeness (QED) is 0.841. The van der Waals surface area contributed by atoms with E-state index in [1.807, 2.05) is 62.4 Å². The standard InChI is InChI=1S/C20H24N2O2/c1-15-9-8-10-16(2)20(15)22(17(3)23)14-13-19(24)21(4)18-11-6-5-7-12-18/h5-12H,13-14H2,1-4H3. The van der Waals surface area contributed by atoms with E-state index in [0.29, 0.717) is 6.54 Å². The van der Waals surface area contributed by atoms with Crippen LogP contribution in [0.2, 0.25) is 0 Å². The van der Waals surface area contributed by atoms with Crippen molar-refractivity contribution in [3.63, 3.8) is 0 Å². The molecule has 126 valence electrons.